The number of piperidine rings is 1. The van der Waals surface area contributed by atoms with E-state index in [1.165, 1.54) is 0 Å². The summed E-state index contributed by atoms with van der Waals surface area (Å²) in [7, 11) is 1.59. The third-order valence-corrected chi connectivity index (χ3v) is 4.05. The fourth-order valence-electron chi connectivity index (χ4n) is 2.60. The van der Waals surface area contributed by atoms with E-state index < -0.39 is 11.6 Å². The molecule has 0 saturated carbocycles. The van der Waals surface area contributed by atoms with Crippen LogP contribution < -0.4 is 15.4 Å². The second-order valence-corrected chi connectivity index (χ2v) is 5.72. The molecule has 1 fully saturated rings. The molecule has 0 spiro atoms. The number of rotatable bonds is 5. The van der Waals surface area contributed by atoms with Gasteiger partial charge in [0, 0.05) is 6.54 Å². The maximum atomic E-state index is 12.3. The number of amides is 1. The smallest absolute Gasteiger partial charge is 0.240 e. The third kappa shape index (κ3) is 4.60. The van der Waals surface area contributed by atoms with Crippen LogP contribution in [0.25, 0.3) is 0 Å². The second-order valence-electron chi connectivity index (χ2n) is 5.72. The molecule has 1 aliphatic rings. The number of methoxy groups -OCH3 is 1. The fraction of sp³-hybridized carbons (Fsp3) is 0.562. The number of hydrogen-bond acceptors (Lipinski definition) is 4. The van der Waals surface area contributed by atoms with E-state index in [-0.39, 0.29) is 24.9 Å². The number of carbonyl (C=O) groups excluding carboxylic acids is 1. The van der Waals surface area contributed by atoms with Crippen molar-refractivity contribution in [1.29, 1.82) is 0 Å². The molecule has 6 heteroatoms. The topological polar surface area (TPSA) is 70.6 Å². The van der Waals surface area contributed by atoms with Crippen LogP contribution in [-0.2, 0) is 4.79 Å². The van der Waals surface area contributed by atoms with Gasteiger partial charge >= 0.3 is 0 Å². The van der Waals surface area contributed by atoms with Gasteiger partial charge in [-0.3, -0.25) is 4.79 Å². The van der Waals surface area contributed by atoms with Crippen LogP contribution in [0.4, 0.5) is 0 Å². The summed E-state index contributed by atoms with van der Waals surface area (Å²) >= 11 is 0. The van der Waals surface area contributed by atoms with Crippen molar-refractivity contribution in [3.63, 3.8) is 0 Å². The van der Waals surface area contributed by atoms with Crippen LogP contribution >= 0.6 is 12.4 Å². The Labute approximate surface area is 137 Å². The van der Waals surface area contributed by atoms with E-state index in [4.69, 9.17) is 4.74 Å². The summed E-state index contributed by atoms with van der Waals surface area (Å²) in [5.41, 5.74) is 0.211. The highest BCUT2D eigenvalue weighted by Gasteiger charge is 2.34. The first-order valence-corrected chi connectivity index (χ1v) is 7.40. The molecule has 1 aromatic carbocycles. The molecule has 0 aliphatic carbocycles. The summed E-state index contributed by atoms with van der Waals surface area (Å²) in [5, 5.41) is 16.3. The Morgan fingerprint density at radius 2 is 2.27 bits per heavy atom. The minimum Gasteiger partial charge on any atom is -0.497 e. The van der Waals surface area contributed by atoms with Crippen molar-refractivity contribution in [2.75, 3.05) is 20.2 Å². The minimum atomic E-state index is -0.740. The molecule has 2 unspecified atom stereocenters. The van der Waals surface area contributed by atoms with Crippen LogP contribution in [0, 0.1) is 0 Å². The number of aliphatic hydroxyl groups is 1. The quantitative estimate of drug-likeness (QED) is 0.771. The molecule has 124 valence electrons. The number of aliphatic hydroxyl groups excluding tert-OH is 1. The lowest BCUT2D eigenvalue weighted by molar-refractivity contribution is -0.128. The zero-order chi connectivity index (χ0) is 15.3. The first-order valence-electron chi connectivity index (χ1n) is 7.40. The highest BCUT2D eigenvalue weighted by Crippen LogP contribution is 2.21. The van der Waals surface area contributed by atoms with Crippen LogP contribution in [0.1, 0.15) is 37.9 Å². The Morgan fingerprint density at radius 3 is 2.91 bits per heavy atom. The van der Waals surface area contributed by atoms with Gasteiger partial charge in [0.1, 0.15) is 5.75 Å². The molecule has 1 aromatic rings. The largest absolute Gasteiger partial charge is 0.497 e. The Morgan fingerprint density at radius 1 is 1.50 bits per heavy atom. The Hall–Kier alpha value is -1.30. The zero-order valence-corrected chi connectivity index (χ0v) is 13.9. The van der Waals surface area contributed by atoms with E-state index >= 15 is 0 Å². The van der Waals surface area contributed by atoms with Crippen LogP contribution in [-0.4, -0.2) is 36.8 Å². The molecule has 3 N–H and O–H groups in total. The lowest BCUT2D eigenvalue weighted by atomic mass is 9.90. The molecule has 0 radical (unpaired) electrons. The summed E-state index contributed by atoms with van der Waals surface area (Å²) in [4.78, 5) is 12.3. The third-order valence-electron chi connectivity index (χ3n) is 4.05. The molecular weight excluding hydrogens is 304 g/mol. The van der Waals surface area contributed by atoms with Gasteiger partial charge in [0.05, 0.1) is 18.8 Å². The van der Waals surface area contributed by atoms with Crippen molar-refractivity contribution in [1.82, 2.24) is 10.6 Å². The monoisotopic (exact) mass is 328 g/mol. The number of hydrogen-bond donors (Lipinski definition) is 3. The molecule has 1 heterocycles. The number of ether oxygens (including phenoxy) is 1. The summed E-state index contributed by atoms with van der Waals surface area (Å²) in [6.45, 7) is 2.98. The van der Waals surface area contributed by atoms with Crippen LogP contribution in [0.5, 0.6) is 5.75 Å². The minimum absolute atomic E-state index is 0. The average Bonchev–Trinajstić information content (AvgIpc) is 2.53. The normalized spacial score (nSPS) is 22.3. The maximum absolute atomic E-state index is 12.3. The van der Waals surface area contributed by atoms with Crippen molar-refractivity contribution in [2.45, 2.75) is 37.8 Å². The molecule has 1 amide bonds. The average molecular weight is 329 g/mol. The fourth-order valence-corrected chi connectivity index (χ4v) is 2.60. The molecule has 0 aromatic heterocycles. The number of benzene rings is 1. The van der Waals surface area contributed by atoms with E-state index in [2.05, 4.69) is 10.6 Å². The lowest BCUT2D eigenvalue weighted by Crippen LogP contribution is -2.57. The van der Waals surface area contributed by atoms with Gasteiger partial charge < -0.3 is 20.5 Å². The molecule has 1 aliphatic heterocycles. The zero-order valence-electron chi connectivity index (χ0n) is 13.1. The van der Waals surface area contributed by atoms with Gasteiger partial charge in [0.15, 0.2) is 0 Å². The molecule has 5 nitrogen and oxygen atoms in total. The predicted octanol–water partition coefficient (Wildman–Crippen LogP) is 1.80. The van der Waals surface area contributed by atoms with Crippen molar-refractivity contribution < 1.29 is 14.6 Å². The van der Waals surface area contributed by atoms with Gasteiger partial charge in [0.2, 0.25) is 5.91 Å². The summed E-state index contributed by atoms with van der Waals surface area (Å²) in [6.07, 6.45) is 2.25. The van der Waals surface area contributed by atoms with Crippen molar-refractivity contribution in [2.24, 2.45) is 0 Å². The maximum Gasteiger partial charge on any atom is 0.240 e. The van der Waals surface area contributed by atoms with Gasteiger partial charge in [-0.05, 0) is 50.4 Å². The van der Waals surface area contributed by atoms with E-state index in [0.717, 1.165) is 31.4 Å². The molecular formula is C16H25ClN2O3. The van der Waals surface area contributed by atoms with Gasteiger partial charge in [0.25, 0.3) is 0 Å². The highest BCUT2D eigenvalue weighted by atomic mass is 35.5. The lowest BCUT2D eigenvalue weighted by Gasteiger charge is -2.33. The van der Waals surface area contributed by atoms with Crippen LogP contribution in [0.15, 0.2) is 24.3 Å². The van der Waals surface area contributed by atoms with Gasteiger partial charge in [-0.1, -0.05) is 12.1 Å². The Bertz CT molecular complexity index is 490. The Kier molecular flexibility index (Phi) is 7.13. The van der Waals surface area contributed by atoms with E-state index in [1.807, 2.05) is 25.1 Å². The van der Waals surface area contributed by atoms with Crippen LogP contribution in [0.3, 0.4) is 0 Å². The van der Waals surface area contributed by atoms with E-state index in [1.54, 1.807) is 13.2 Å². The van der Waals surface area contributed by atoms with E-state index in [9.17, 15) is 9.90 Å². The standard InChI is InChI=1S/C16H24N2O3.ClH/c1-16(8-3-4-9-18-16)15(20)17-11-14(19)12-6-5-7-13(10-12)21-2;/h5-7,10,14,18-19H,3-4,8-9,11H2,1-2H3,(H,17,20);1H. The summed E-state index contributed by atoms with van der Waals surface area (Å²) in [5.74, 6) is 0.642. The van der Waals surface area contributed by atoms with Gasteiger partial charge in [-0.2, -0.15) is 0 Å². The first-order chi connectivity index (χ1) is 10.0. The van der Waals surface area contributed by atoms with Crippen molar-refractivity contribution >= 4 is 18.3 Å². The van der Waals surface area contributed by atoms with Gasteiger partial charge in [-0.25, -0.2) is 0 Å². The highest BCUT2D eigenvalue weighted by molar-refractivity contribution is 5.86. The Balaban J connectivity index is 0.00000242. The number of carbonyl (C=O) groups is 1. The second kappa shape index (κ2) is 8.36. The van der Waals surface area contributed by atoms with Crippen LogP contribution in [0.2, 0.25) is 0 Å². The summed E-state index contributed by atoms with van der Waals surface area (Å²) in [6, 6.07) is 7.24. The number of halogens is 1. The van der Waals surface area contributed by atoms with E-state index in [0.29, 0.717) is 5.75 Å². The molecule has 22 heavy (non-hydrogen) atoms. The summed E-state index contributed by atoms with van der Waals surface area (Å²) < 4.78 is 5.13. The SMILES string of the molecule is COc1cccc(C(O)CNC(=O)C2(C)CCCCN2)c1.Cl. The molecule has 2 rings (SSSR count). The number of nitrogens with one attached hydrogen (secondary N) is 2. The van der Waals surface area contributed by atoms with Crippen molar-refractivity contribution in [3.8, 4) is 5.75 Å². The first kappa shape index (κ1) is 18.7. The molecule has 2 atom stereocenters. The molecule has 0 bridgehead atoms. The predicted molar refractivity (Wildman–Crippen MR) is 88.5 cm³/mol. The van der Waals surface area contributed by atoms with Crippen molar-refractivity contribution in [3.05, 3.63) is 29.8 Å². The molecule has 1 saturated heterocycles. The van der Waals surface area contributed by atoms with Gasteiger partial charge in [-0.15, -0.1) is 12.4 Å².